The molecule has 0 aromatic carbocycles. The van der Waals surface area contributed by atoms with Crippen molar-refractivity contribution in [3.63, 3.8) is 0 Å². The Bertz CT molecular complexity index is 175. The molecule has 6 atom stereocenters. The number of hydrogen-bond acceptors (Lipinski definition) is 6. The SMILES string of the molecule is N[C@H]1[C@H](O)[C@H](O)[C@@H](O)[C@H](O)[C@@H]1CCO. The van der Waals surface area contributed by atoms with Crippen molar-refractivity contribution in [2.75, 3.05) is 6.61 Å². The summed E-state index contributed by atoms with van der Waals surface area (Å²) >= 11 is 0. The third-order valence-corrected chi connectivity index (χ3v) is 2.84. The van der Waals surface area contributed by atoms with Gasteiger partial charge in [0.1, 0.15) is 12.2 Å². The van der Waals surface area contributed by atoms with Crippen molar-refractivity contribution >= 4 is 0 Å². The third kappa shape index (κ3) is 1.90. The van der Waals surface area contributed by atoms with Crippen LogP contribution in [0.4, 0.5) is 0 Å². The molecule has 0 unspecified atom stereocenters. The molecule has 1 saturated carbocycles. The highest BCUT2D eigenvalue weighted by Crippen LogP contribution is 2.27. The average Bonchev–Trinajstić information content (AvgIpc) is 2.19. The standard InChI is InChI=1S/C8H17NO5/c9-4-3(1-2-10)5(11)7(13)8(14)6(4)12/h3-8,10-14H,1-2,9H2/t3-,4-,5-,6+,7+,8+/m1/s1. The molecule has 0 radical (unpaired) electrons. The van der Waals surface area contributed by atoms with Gasteiger partial charge in [0, 0.05) is 18.6 Å². The molecule has 7 N–H and O–H groups in total. The zero-order valence-corrected chi connectivity index (χ0v) is 7.69. The molecule has 6 nitrogen and oxygen atoms in total. The van der Waals surface area contributed by atoms with Crippen molar-refractivity contribution in [2.24, 2.45) is 11.7 Å². The second kappa shape index (κ2) is 4.52. The number of rotatable bonds is 2. The quantitative estimate of drug-likeness (QED) is 0.282. The first kappa shape index (κ1) is 11.8. The summed E-state index contributed by atoms with van der Waals surface area (Å²) < 4.78 is 0. The lowest BCUT2D eigenvalue weighted by molar-refractivity contribution is -0.167. The van der Waals surface area contributed by atoms with E-state index in [0.717, 1.165) is 0 Å². The normalized spacial score (nSPS) is 49.3. The Morgan fingerprint density at radius 1 is 0.857 bits per heavy atom. The maximum atomic E-state index is 9.51. The van der Waals surface area contributed by atoms with Gasteiger partial charge in [-0.3, -0.25) is 0 Å². The highest BCUT2D eigenvalue weighted by atomic mass is 16.4. The molecule has 0 saturated heterocycles. The molecule has 0 aromatic rings. The van der Waals surface area contributed by atoms with Gasteiger partial charge in [0.15, 0.2) is 0 Å². The van der Waals surface area contributed by atoms with Gasteiger partial charge in [-0.1, -0.05) is 0 Å². The van der Waals surface area contributed by atoms with Gasteiger partial charge in [-0.15, -0.1) is 0 Å². The fourth-order valence-corrected chi connectivity index (χ4v) is 1.88. The van der Waals surface area contributed by atoms with Crippen LogP contribution < -0.4 is 5.73 Å². The Kier molecular flexibility index (Phi) is 3.82. The molecule has 6 heteroatoms. The van der Waals surface area contributed by atoms with Gasteiger partial charge < -0.3 is 31.3 Å². The predicted octanol–water partition coefficient (Wildman–Crippen LogP) is -3.23. The zero-order chi connectivity index (χ0) is 10.9. The van der Waals surface area contributed by atoms with Crippen LogP contribution in [0, 0.1) is 5.92 Å². The summed E-state index contributed by atoms with van der Waals surface area (Å²) in [5, 5.41) is 46.2. The number of aliphatic hydroxyl groups is 5. The first-order valence-corrected chi connectivity index (χ1v) is 4.59. The van der Waals surface area contributed by atoms with Crippen molar-refractivity contribution < 1.29 is 25.5 Å². The average molecular weight is 207 g/mol. The Morgan fingerprint density at radius 3 is 1.86 bits per heavy atom. The Labute approximate surface area is 81.6 Å². The van der Waals surface area contributed by atoms with E-state index in [1.54, 1.807) is 0 Å². The maximum Gasteiger partial charge on any atom is 0.110 e. The van der Waals surface area contributed by atoms with Crippen LogP contribution in [0.25, 0.3) is 0 Å². The molecule has 1 aliphatic carbocycles. The summed E-state index contributed by atoms with van der Waals surface area (Å²) in [6, 6.07) is -0.837. The Hall–Kier alpha value is -0.240. The molecule has 1 fully saturated rings. The molecule has 0 aromatic heterocycles. The van der Waals surface area contributed by atoms with Gasteiger partial charge in [-0.2, -0.15) is 0 Å². The minimum atomic E-state index is -1.44. The van der Waals surface area contributed by atoms with E-state index in [1.807, 2.05) is 0 Å². The van der Waals surface area contributed by atoms with Crippen molar-refractivity contribution in [2.45, 2.75) is 36.9 Å². The van der Waals surface area contributed by atoms with Crippen LogP contribution in [0.5, 0.6) is 0 Å². The minimum absolute atomic E-state index is 0.184. The predicted molar refractivity (Wildman–Crippen MR) is 47.2 cm³/mol. The molecule has 0 heterocycles. The van der Waals surface area contributed by atoms with Crippen LogP contribution >= 0.6 is 0 Å². The fourth-order valence-electron chi connectivity index (χ4n) is 1.88. The van der Waals surface area contributed by atoms with Gasteiger partial charge in [0.05, 0.1) is 12.2 Å². The van der Waals surface area contributed by atoms with E-state index in [4.69, 9.17) is 10.8 Å². The van der Waals surface area contributed by atoms with Crippen LogP contribution in [0.1, 0.15) is 6.42 Å². The molecule has 0 spiro atoms. The van der Waals surface area contributed by atoms with Crippen molar-refractivity contribution in [3.8, 4) is 0 Å². The summed E-state index contributed by atoms with van der Waals surface area (Å²) in [7, 11) is 0. The van der Waals surface area contributed by atoms with Crippen molar-refractivity contribution in [1.29, 1.82) is 0 Å². The third-order valence-electron chi connectivity index (χ3n) is 2.84. The van der Waals surface area contributed by atoms with Gasteiger partial charge in [0.25, 0.3) is 0 Å². The van der Waals surface area contributed by atoms with Crippen LogP contribution in [0.3, 0.4) is 0 Å². The molecule has 14 heavy (non-hydrogen) atoms. The lowest BCUT2D eigenvalue weighted by Gasteiger charge is -2.42. The molecular weight excluding hydrogens is 190 g/mol. The molecule has 0 amide bonds. The van der Waals surface area contributed by atoms with Crippen molar-refractivity contribution in [1.82, 2.24) is 0 Å². The summed E-state index contributed by atoms with van der Waals surface area (Å²) in [5.41, 5.74) is 5.56. The smallest absolute Gasteiger partial charge is 0.110 e. The topological polar surface area (TPSA) is 127 Å². The van der Waals surface area contributed by atoms with Crippen LogP contribution in [-0.2, 0) is 0 Å². The van der Waals surface area contributed by atoms with E-state index in [0.29, 0.717) is 0 Å². The lowest BCUT2D eigenvalue weighted by atomic mass is 9.76. The number of aliphatic hydroxyl groups excluding tert-OH is 5. The Balaban J connectivity index is 2.75. The molecule has 1 aliphatic rings. The lowest BCUT2D eigenvalue weighted by Crippen LogP contribution is -2.63. The monoisotopic (exact) mass is 207 g/mol. The number of nitrogens with two attached hydrogens (primary N) is 1. The molecule has 1 rings (SSSR count). The van der Waals surface area contributed by atoms with E-state index in [-0.39, 0.29) is 13.0 Å². The first-order chi connectivity index (χ1) is 6.50. The molecular formula is C8H17NO5. The van der Waals surface area contributed by atoms with Crippen LogP contribution in [0.15, 0.2) is 0 Å². The molecule has 0 aliphatic heterocycles. The van der Waals surface area contributed by atoms with E-state index >= 15 is 0 Å². The summed E-state index contributed by atoms with van der Waals surface area (Å²) in [6.45, 7) is -0.190. The van der Waals surface area contributed by atoms with Gasteiger partial charge >= 0.3 is 0 Å². The maximum absolute atomic E-state index is 9.51. The van der Waals surface area contributed by atoms with Crippen molar-refractivity contribution in [3.05, 3.63) is 0 Å². The van der Waals surface area contributed by atoms with Gasteiger partial charge in [-0.05, 0) is 6.42 Å². The van der Waals surface area contributed by atoms with E-state index in [9.17, 15) is 20.4 Å². The van der Waals surface area contributed by atoms with E-state index in [2.05, 4.69) is 0 Å². The summed E-state index contributed by atoms with van der Waals surface area (Å²) in [5.74, 6) is -0.603. The summed E-state index contributed by atoms with van der Waals surface area (Å²) in [6.07, 6.45) is -5.15. The fraction of sp³-hybridized carbons (Fsp3) is 1.00. The highest BCUT2D eigenvalue weighted by Gasteiger charge is 2.46. The largest absolute Gasteiger partial charge is 0.396 e. The molecule has 84 valence electrons. The van der Waals surface area contributed by atoms with Gasteiger partial charge in [-0.25, -0.2) is 0 Å². The summed E-state index contributed by atoms with van der Waals surface area (Å²) in [4.78, 5) is 0. The van der Waals surface area contributed by atoms with Crippen LogP contribution in [0.2, 0.25) is 0 Å². The second-order valence-electron chi connectivity index (χ2n) is 3.72. The minimum Gasteiger partial charge on any atom is -0.396 e. The van der Waals surface area contributed by atoms with E-state index < -0.39 is 36.4 Å². The molecule has 0 bridgehead atoms. The van der Waals surface area contributed by atoms with Gasteiger partial charge in [0.2, 0.25) is 0 Å². The highest BCUT2D eigenvalue weighted by molar-refractivity contribution is 4.99. The second-order valence-corrected chi connectivity index (χ2v) is 3.72. The first-order valence-electron chi connectivity index (χ1n) is 4.59. The van der Waals surface area contributed by atoms with E-state index in [1.165, 1.54) is 0 Å². The Morgan fingerprint density at radius 2 is 1.36 bits per heavy atom. The van der Waals surface area contributed by atoms with Crippen LogP contribution in [-0.4, -0.2) is 62.6 Å². The number of hydrogen-bond donors (Lipinski definition) is 6. The zero-order valence-electron chi connectivity index (χ0n) is 7.69.